The summed E-state index contributed by atoms with van der Waals surface area (Å²) < 4.78 is 15.2. The second kappa shape index (κ2) is 9.50. The first kappa shape index (κ1) is 23.1. The Morgan fingerprint density at radius 2 is 1.50 bits per heavy atom. The van der Waals surface area contributed by atoms with Gasteiger partial charge in [-0.1, -0.05) is 66.2 Å². The number of ketones is 1. The van der Waals surface area contributed by atoms with Crippen LogP contribution in [0.1, 0.15) is 27.5 Å². The molecule has 1 aliphatic heterocycles. The van der Waals surface area contributed by atoms with Gasteiger partial charge in [0.1, 0.15) is 17.3 Å². The summed E-state index contributed by atoms with van der Waals surface area (Å²) in [4.78, 5) is 29.3. The van der Waals surface area contributed by atoms with Gasteiger partial charge in [0.05, 0.1) is 11.6 Å². The predicted octanol–water partition coefficient (Wildman–Crippen LogP) is 6.18. The number of carbonyl (C=O) groups excluding carboxylic acids is 2. The Bertz CT molecular complexity index is 1460. The zero-order chi connectivity index (χ0) is 25.2. The van der Waals surface area contributed by atoms with E-state index >= 15 is 4.39 Å². The lowest BCUT2D eigenvalue weighted by molar-refractivity contribution is -0.114. The van der Waals surface area contributed by atoms with Gasteiger partial charge in [-0.25, -0.2) is 4.39 Å². The van der Waals surface area contributed by atoms with E-state index in [4.69, 9.17) is 0 Å². The van der Waals surface area contributed by atoms with Crippen LogP contribution < -0.4 is 10.2 Å². The van der Waals surface area contributed by atoms with Crippen molar-refractivity contribution in [2.75, 3.05) is 10.2 Å². The van der Waals surface area contributed by atoms with Gasteiger partial charge in [-0.2, -0.15) is 0 Å². The minimum atomic E-state index is -1.02. The monoisotopic (exact) mass is 478 g/mol. The molecule has 1 heterocycles. The van der Waals surface area contributed by atoms with E-state index in [1.807, 2.05) is 37.3 Å². The second-order valence-electron chi connectivity index (χ2n) is 8.59. The van der Waals surface area contributed by atoms with E-state index in [1.165, 1.54) is 23.1 Å². The number of amides is 1. The fourth-order valence-electron chi connectivity index (χ4n) is 4.37. The number of aryl methyl sites for hydroxylation is 1. The summed E-state index contributed by atoms with van der Waals surface area (Å²) in [6.45, 7) is 1.92. The highest BCUT2D eigenvalue weighted by atomic mass is 19.1. The molecule has 6 heteroatoms. The molecule has 1 atom stereocenters. The zero-order valence-corrected chi connectivity index (χ0v) is 19.5. The number of rotatable bonds is 6. The quantitative estimate of drug-likeness (QED) is 0.325. The number of phenols is 1. The molecule has 4 aromatic rings. The fourth-order valence-corrected chi connectivity index (χ4v) is 4.37. The first-order chi connectivity index (χ1) is 17.4. The second-order valence-corrected chi connectivity index (χ2v) is 8.59. The van der Waals surface area contributed by atoms with Crippen LogP contribution in [0.25, 0.3) is 0 Å². The fraction of sp³-hybridized carbons (Fsp3) is 0.0667. The van der Waals surface area contributed by atoms with E-state index in [-0.39, 0.29) is 28.4 Å². The van der Waals surface area contributed by atoms with Gasteiger partial charge in [-0.15, -0.1) is 0 Å². The number of para-hydroxylation sites is 1. The summed E-state index contributed by atoms with van der Waals surface area (Å²) in [5.41, 5.74) is 2.84. The van der Waals surface area contributed by atoms with Gasteiger partial charge in [0, 0.05) is 22.5 Å². The largest absolute Gasteiger partial charge is 0.508 e. The van der Waals surface area contributed by atoms with Gasteiger partial charge >= 0.3 is 0 Å². The van der Waals surface area contributed by atoms with Crippen LogP contribution in [0.2, 0.25) is 0 Å². The van der Waals surface area contributed by atoms with E-state index in [2.05, 4.69) is 5.32 Å². The molecule has 0 fully saturated rings. The van der Waals surface area contributed by atoms with Gasteiger partial charge in [0.15, 0.2) is 5.78 Å². The number of phenolic OH excluding ortho intramolecular Hbond substituents is 1. The number of hydrogen-bond acceptors (Lipinski definition) is 4. The van der Waals surface area contributed by atoms with Crippen molar-refractivity contribution in [3.05, 3.63) is 137 Å². The molecule has 0 saturated heterocycles. The molecule has 0 saturated carbocycles. The molecule has 1 amide bonds. The molecule has 0 radical (unpaired) electrons. The van der Waals surface area contributed by atoms with Crippen LogP contribution in [-0.2, 0) is 4.79 Å². The van der Waals surface area contributed by atoms with Crippen LogP contribution in [0.4, 0.5) is 15.8 Å². The number of Topliss-reactive ketones (excluding diaryl/α,β-unsaturated/α-hetero) is 1. The standard InChI is InChI=1S/C30H23FN2O3/c1-19-11-13-20(14-12-19)29(35)26-27(32-21-7-3-2-4-8-21)30(36)33(22-15-17-23(34)18-16-22)28(26)24-9-5-6-10-25(24)31/h2-18,28,32,34H,1H3/t28-/m0/s1. The first-order valence-corrected chi connectivity index (χ1v) is 11.5. The van der Waals surface area contributed by atoms with E-state index in [0.29, 0.717) is 16.9 Å². The maximum atomic E-state index is 15.2. The normalized spacial score (nSPS) is 15.3. The SMILES string of the molecule is Cc1ccc(C(=O)C2=C(Nc3ccccc3)C(=O)N(c3ccc(O)cc3)[C@H]2c2ccccc2F)cc1. The highest BCUT2D eigenvalue weighted by molar-refractivity contribution is 6.23. The van der Waals surface area contributed by atoms with Crippen molar-refractivity contribution in [3.63, 3.8) is 0 Å². The molecule has 0 spiro atoms. The Labute approximate surface area is 208 Å². The lowest BCUT2D eigenvalue weighted by Gasteiger charge is -2.27. The smallest absolute Gasteiger partial charge is 0.276 e. The average Bonchev–Trinajstić information content (AvgIpc) is 3.17. The lowest BCUT2D eigenvalue weighted by Crippen LogP contribution is -2.32. The first-order valence-electron chi connectivity index (χ1n) is 11.5. The van der Waals surface area contributed by atoms with Gasteiger partial charge in [0.25, 0.3) is 5.91 Å². The van der Waals surface area contributed by atoms with Gasteiger partial charge in [-0.05, 0) is 49.4 Å². The van der Waals surface area contributed by atoms with Crippen molar-refractivity contribution in [2.24, 2.45) is 0 Å². The van der Waals surface area contributed by atoms with Crippen molar-refractivity contribution >= 4 is 23.1 Å². The molecular weight excluding hydrogens is 455 g/mol. The number of nitrogens with one attached hydrogen (secondary N) is 1. The Kier molecular flexibility index (Phi) is 6.09. The molecule has 36 heavy (non-hydrogen) atoms. The summed E-state index contributed by atoms with van der Waals surface area (Å²) in [6, 6.07) is 27.3. The van der Waals surface area contributed by atoms with Gasteiger partial charge < -0.3 is 10.4 Å². The minimum Gasteiger partial charge on any atom is -0.508 e. The molecule has 0 unspecified atom stereocenters. The molecular formula is C30H23FN2O3. The van der Waals surface area contributed by atoms with Crippen LogP contribution in [0.5, 0.6) is 5.75 Å². The van der Waals surface area contributed by atoms with Crippen molar-refractivity contribution in [2.45, 2.75) is 13.0 Å². The van der Waals surface area contributed by atoms with Gasteiger partial charge in [0.2, 0.25) is 0 Å². The molecule has 5 rings (SSSR count). The molecule has 5 nitrogen and oxygen atoms in total. The number of aromatic hydroxyl groups is 1. The maximum Gasteiger partial charge on any atom is 0.276 e. The van der Waals surface area contributed by atoms with Crippen molar-refractivity contribution in [3.8, 4) is 5.75 Å². The molecule has 2 N–H and O–H groups in total. The number of halogens is 1. The third kappa shape index (κ3) is 4.25. The van der Waals surface area contributed by atoms with Crippen LogP contribution in [0.15, 0.2) is 114 Å². The Morgan fingerprint density at radius 3 is 2.17 bits per heavy atom. The zero-order valence-electron chi connectivity index (χ0n) is 19.5. The van der Waals surface area contributed by atoms with E-state index < -0.39 is 17.8 Å². The van der Waals surface area contributed by atoms with E-state index in [1.54, 1.807) is 54.6 Å². The van der Waals surface area contributed by atoms with Crippen molar-refractivity contribution in [1.29, 1.82) is 0 Å². The summed E-state index contributed by atoms with van der Waals surface area (Å²) >= 11 is 0. The molecule has 0 aliphatic carbocycles. The molecule has 0 bridgehead atoms. The minimum absolute atomic E-state index is 0.0272. The van der Waals surface area contributed by atoms with Crippen LogP contribution in [0.3, 0.4) is 0 Å². The summed E-state index contributed by atoms with van der Waals surface area (Å²) in [5, 5.41) is 12.9. The molecule has 0 aromatic heterocycles. The summed E-state index contributed by atoms with van der Waals surface area (Å²) in [5.74, 6) is -1.36. The number of anilines is 2. The molecule has 1 aliphatic rings. The van der Waals surface area contributed by atoms with Crippen molar-refractivity contribution < 1.29 is 19.1 Å². The highest BCUT2D eigenvalue weighted by Crippen LogP contribution is 2.43. The number of nitrogens with zero attached hydrogens (tertiary/aromatic N) is 1. The molecule has 4 aromatic carbocycles. The van der Waals surface area contributed by atoms with E-state index in [9.17, 15) is 14.7 Å². The number of hydrogen-bond donors (Lipinski definition) is 2. The Morgan fingerprint density at radius 1 is 0.861 bits per heavy atom. The maximum absolute atomic E-state index is 15.2. The highest BCUT2D eigenvalue weighted by Gasteiger charge is 2.45. The lowest BCUT2D eigenvalue weighted by atomic mass is 9.91. The topological polar surface area (TPSA) is 69.6 Å². The van der Waals surface area contributed by atoms with Crippen LogP contribution in [0, 0.1) is 12.7 Å². The third-order valence-electron chi connectivity index (χ3n) is 6.16. The Hall–Kier alpha value is -4.71. The molecule has 178 valence electrons. The number of benzene rings is 4. The Balaban J connectivity index is 1.74. The van der Waals surface area contributed by atoms with Crippen molar-refractivity contribution in [1.82, 2.24) is 0 Å². The van der Waals surface area contributed by atoms with Crippen LogP contribution in [-0.4, -0.2) is 16.8 Å². The summed E-state index contributed by atoms with van der Waals surface area (Å²) in [6.07, 6.45) is 0. The van der Waals surface area contributed by atoms with Crippen LogP contribution >= 0.6 is 0 Å². The summed E-state index contributed by atoms with van der Waals surface area (Å²) in [7, 11) is 0. The third-order valence-corrected chi connectivity index (χ3v) is 6.16. The van der Waals surface area contributed by atoms with Gasteiger partial charge in [-0.3, -0.25) is 14.5 Å². The predicted molar refractivity (Wildman–Crippen MR) is 137 cm³/mol. The number of carbonyl (C=O) groups is 2. The average molecular weight is 479 g/mol. The van der Waals surface area contributed by atoms with E-state index in [0.717, 1.165) is 5.56 Å².